The van der Waals surface area contributed by atoms with E-state index in [1.54, 1.807) is 49.4 Å². The second-order valence-corrected chi connectivity index (χ2v) is 8.04. The number of aromatic hydroxyl groups is 1. The zero-order chi connectivity index (χ0) is 24.2. The third kappa shape index (κ3) is 8.48. The maximum absolute atomic E-state index is 12.6. The zero-order valence-electron chi connectivity index (χ0n) is 17.9. The van der Waals surface area contributed by atoms with Gasteiger partial charge in [0.15, 0.2) is 6.10 Å². The van der Waals surface area contributed by atoms with Crippen LogP contribution in [0.1, 0.15) is 41.8 Å². The van der Waals surface area contributed by atoms with Crippen molar-refractivity contribution in [1.29, 1.82) is 0 Å². The largest absolute Gasteiger partial charge is 0.508 e. The topological polar surface area (TPSA) is 134 Å². The van der Waals surface area contributed by atoms with Crippen LogP contribution in [0.2, 0.25) is 0 Å². The van der Waals surface area contributed by atoms with Crippen molar-refractivity contribution in [3.8, 4) is 5.75 Å². The predicted molar refractivity (Wildman–Crippen MR) is 128 cm³/mol. The maximum atomic E-state index is 12.6. The summed E-state index contributed by atoms with van der Waals surface area (Å²) in [6, 6.07) is 13.0. The first-order valence-electron chi connectivity index (χ1n) is 10.1. The van der Waals surface area contributed by atoms with Gasteiger partial charge >= 0.3 is 6.09 Å². The van der Waals surface area contributed by atoms with Crippen molar-refractivity contribution >= 4 is 40.5 Å². The number of imide groups is 1. The number of nitrogens with one attached hydrogen (secondary N) is 2. The molecule has 0 spiro atoms. The van der Waals surface area contributed by atoms with E-state index >= 15 is 0 Å². The van der Waals surface area contributed by atoms with Crippen molar-refractivity contribution in [1.82, 2.24) is 10.8 Å². The Labute approximate surface area is 204 Å². The highest BCUT2D eigenvalue weighted by Crippen LogP contribution is 2.34. The SMILES string of the molecule is CCO[C@H](CC/C=C/C(=O)NO)[C@H](OC(=O)NC(=O)c1ccccc1)c1cc(I)ccc1O. The Kier molecular flexibility index (Phi) is 10.8. The lowest BCUT2D eigenvalue weighted by molar-refractivity contribution is -0.124. The molecule has 0 saturated heterocycles. The lowest BCUT2D eigenvalue weighted by atomic mass is 9.99. The van der Waals surface area contributed by atoms with E-state index in [2.05, 4.69) is 27.9 Å². The molecule has 0 aromatic heterocycles. The van der Waals surface area contributed by atoms with E-state index in [4.69, 9.17) is 14.7 Å². The number of rotatable bonds is 10. The monoisotopic (exact) mass is 568 g/mol. The Hall–Kier alpha value is -2.96. The second-order valence-electron chi connectivity index (χ2n) is 6.80. The van der Waals surface area contributed by atoms with Gasteiger partial charge < -0.3 is 14.6 Å². The summed E-state index contributed by atoms with van der Waals surface area (Å²) < 4.78 is 12.2. The van der Waals surface area contributed by atoms with Crippen molar-refractivity contribution in [3.05, 3.63) is 75.4 Å². The van der Waals surface area contributed by atoms with Crippen LogP contribution < -0.4 is 10.8 Å². The molecule has 0 aliphatic carbocycles. The molecule has 2 atom stereocenters. The van der Waals surface area contributed by atoms with E-state index < -0.39 is 30.1 Å². The van der Waals surface area contributed by atoms with Crippen molar-refractivity contribution in [2.45, 2.75) is 32.0 Å². The molecule has 4 N–H and O–H groups in total. The number of allylic oxidation sites excluding steroid dienone is 1. The summed E-state index contributed by atoms with van der Waals surface area (Å²) in [6.45, 7) is 2.06. The van der Waals surface area contributed by atoms with E-state index in [1.165, 1.54) is 17.6 Å². The minimum atomic E-state index is -1.04. The van der Waals surface area contributed by atoms with Crippen LogP contribution in [0.4, 0.5) is 4.79 Å². The van der Waals surface area contributed by atoms with Crippen molar-refractivity contribution < 1.29 is 34.2 Å². The highest BCUT2D eigenvalue weighted by molar-refractivity contribution is 14.1. The van der Waals surface area contributed by atoms with Gasteiger partial charge in [-0.25, -0.2) is 10.3 Å². The first kappa shape index (κ1) is 26.3. The van der Waals surface area contributed by atoms with Crippen LogP contribution in [0.25, 0.3) is 0 Å². The third-order valence-electron chi connectivity index (χ3n) is 4.50. The molecule has 0 bridgehead atoms. The molecule has 0 saturated carbocycles. The molecule has 9 nitrogen and oxygen atoms in total. The number of hydrogen-bond acceptors (Lipinski definition) is 7. The molecule has 2 rings (SSSR count). The summed E-state index contributed by atoms with van der Waals surface area (Å²) in [5, 5.41) is 21.2. The lowest BCUT2D eigenvalue weighted by Gasteiger charge is -2.27. The minimum absolute atomic E-state index is 0.0949. The van der Waals surface area contributed by atoms with Gasteiger partial charge in [-0.05, 0) is 72.7 Å². The van der Waals surface area contributed by atoms with E-state index in [9.17, 15) is 19.5 Å². The van der Waals surface area contributed by atoms with Crippen LogP contribution in [0.5, 0.6) is 5.75 Å². The molecular weight excluding hydrogens is 543 g/mol. The Balaban J connectivity index is 2.24. The number of ether oxygens (including phenoxy) is 2. The average Bonchev–Trinajstić information content (AvgIpc) is 2.81. The molecule has 176 valence electrons. The van der Waals surface area contributed by atoms with Gasteiger partial charge in [0.05, 0.1) is 6.10 Å². The van der Waals surface area contributed by atoms with Crippen LogP contribution in [-0.4, -0.2) is 40.9 Å². The summed E-state index contributed by atoms with van der Waals surface area (Å²) in [5.74, 6) is -1.40. The van der Waals surface area contributed by atoms with Gasteiger partial charge in [0.25, 0.3) is 11.8 Å². The predicted octanol–water partition coefficient (Wildman–Crippen LogP) is 3.85. The van der Waals surface area contributed by atoms with Gasteiger partial charge in [-0.1, -0.05) is 24.3 Å². The highest BCUT2D eigenvalue weighted by atomic mass is 127. The number of phenolic OH excluding ortho intramolecular Hbond substituents is 1. The Morgan fingerprint density at radius 2 is 1.88 bits per heavy atom. The Morgan fingerprint density at radius 3 is 2.55 bits per heavy atom. The number of carbonyl (C=O) groups is 3. The lowest BCUT2D eigenvalue weighted by Crippen LogP contribution is -2.35. The van der Waals surface area contributed by atoms with Gasteiger partial charge in [0.1, 0.15) is 5.75 Å². The number of phenols is 1. The van der Waals surface area contributed by atoms with Gasteiger partial charge in [0, 0.05) is 27.4 Å². The standard InChI is InChI=1S/C23H25IN2O7/c1-2-32-19(10-6-7-11-20(28)26-31)21(17-14-16(24)12-13-18(17)27)33-23(30)25-22(29)15-8-4-3-5-9-15/h3-5,7-9,11-14,19,21,27,31H,2,6,10H2,1H3,(H,26,28)(H,25,29,30)/b11-7+/t19-,21-/m1/s1. The fourth-order valence-corrected chi connectivity index (χ4v) is 3.53. The van der Waals surface area contributed by atoms with E-state index in [0.29, 0.717) is 25.0 Å². The first-order valence-corrected chi connectivity index (χ1v) is 11.2. The molecule has 0 fully saturated rings. The molecule has 2 aromatic rings. The third-order valence-corrected chi connectivity index (χ3v) is 5.17. The summed E-state index contributed by atoms with van der Waals surface area (Å²) in [7, 11) is 0. The molecule has 0 unspecified atom stereocenters. The summed E-state index contributed by atoms with van der Waals surface area (Å²) in [4.78, 5) is 36.1. The van der Waals surface area contributed by atoms with Gasteiger partial charge in [-0.3, -0.25) is 20.1 Å². The van der Waals surface area contributed by atoms with E-state index in [1.807, 2.05) is 0 Å². The van der Waals surface area contributed by atoms with Crippen molar-refractivity contribution in [2.75, 3.05) is 6.61 Å². The number of hydrogen-bond donors (Lipinski definition) is 4. The van der Waals surface area contributed by atoms with Crippen molar-refractivity contribution in [3.63, 3.8) is 0 Å². The van der Waals surface area contributed by atoms with Crippen LogP contribution >= 0.6 is 22.6 Å². The molecular formula is C23H25IN2O7. The molecule has 0 heterocycles. The van der Waals surface area contributed by atoms with E-state index in [0.717, 1.165) is 9.65 Å². The number of carbonyl (C=O) groups excluding carboxylic acids is 3. The molecule has 0 radical (unpaired) electrons. The van der Waals surface area contributed by atoms with Gasteiger partial charge in [-0.2, -0.15) is 0 Å². The minimum Gasteiger partial charge on any atom is -0.508 e. The Bertz CT molecular complexity index is 982. The molecule has 2 aromatic carbocycles. The fraction of sp³-hybridized carbons (Fsp3) is 0.261. The quantitative estimate of drug-likeness (QED) is 0.148. The number of hydroxylamine groups is 1. The van der Waals surface area contributed by atoms with Crippen LogP contribution in [0, 0.1) is 3.57 Å². The highest BCUT2D eigenvalue weighted by Gasteiger charge is 2.30. The smallest absolute Gasteiger partial charge is 0.414 e. The Morgan fingerprint density at radius 1 is 1.15 bits per heavy atom. The summed E-state index contributed by atoms with van der Waals surface area (Å²) >= 11 is 2.07. The van der Waals surface area contributed by atoms with Crippen molar-refractivity contribution in [2.24, 2.45) is 0 Å². The number of amides is 3. The average molecular weight is 568 g/mol. The van der Waals surface area contributed by atoms with Crippen LogP contribution in [-0.2, 0) is 14.3 Å². The first-order chi connectivity index (χ1) is 15.8. The number of alkyl carbamates (subject to hydrolysis) is 1. The second kappa shape index (κ2) is 13.6. The fourth-order valence-electron chi connectivity index (χ4n) is 3.02. The number of benzene rings is 2. The molecule has 0 aliphatic heterocycles. The molecule has 33 heavy (non-hydrogen) atoms. The van der Waals surface area contributed by atoms with Gasteiger partial charge in [-0.15, -0.1) is 0 Å². The van der Waals surface area contributed by atoms with Gasteiger partial charge in [0.2, 0.25) is 0 Å². The normalized spacial score (nSPS) is 12.7. The number of halogens is 1. The maximum Gasteiger partial charge on any atom is 0.414 e. The van der Waals surface area contributed by atoms with E-state index in [-0.39, 0.29) is 11.3 Å². The molecule has 10 heteroatoms. The molecule has 3 amide bonds. The molecule has 0 aliphatic rings. The van der Waals surface area contributed by atoms with Crippen LogP contribution in [0.15, 0.2) is 60.7 Å². The summed E-state index contributed by atoms with van der Waals surface area (Å²) in [6.07, 6.45) is 0.634. The zero-order valence-corrected chi connectivity index (χ0v) is 20.0. The summed E-state index contributed by atoms with van der Waals surface area (Å²) in [5.41, 5.74) is 2.11. The van der Waals surface area contributed by atoms with Crippen LogP contribution in [0.3, 0.4) is 0 Å².